The van der Waals surface area contributed by atoms with Crippen molar-refractivity contribution in [1.29, 1.82) is 0 Å². The van der Waals surface area contributed by atoms with Crippen molar-refractivity contribution in [3.8, 4) is 0 Å². The molecule has 0 spiro atoms. The number of carbonyl (C=O) groups is 3. The van der Waals surface area contributed by atoms with Crippen molar-refractivity contribution in [3.05, 3.63) is 35.4 Å². The minimum Gasteiger partial charge on any atom is -0.338 e. The zero-order valence-corrected chi connectivity index (χ0v) is 27.5. The first-order valence-electron chi connectivity index (χ1n) is 15.3. The van der Waals surface area contributed by atoms with Crippen LogP contribution in [0.5, 0.6) is 0 Å². The molecule has 236 valence electrons. The Morgan fingerprint density at radius 3 is 2.56 bits per heavy atom. The van der Waals surface area contributed by atoms with Crippen molar-refractivity contribution in [3.63, 3.8) is 0 Å². The Morgan fingerprint density at radius 2 is 1.81 bits per heavy atom. The van der Waals surface area contributed by atoms with Gasteiger partial charge in [-0.2, -0.15) is 4.72 Å². The molecule has 3 atom stereocenters. The van der Waals surface area contributed by atoms with Crippen molar-refractivity contribution in [2.24, 2.45) is 0 Å². The fourth-order valence-electron chi connectivity index (χ4n) is 6.52. The van der Waals surface area contributed by atoms with Crippen molar-refractivity contribution in [2.75, 3.05) is 58.9 Å². The van der Waals surface area contributed by atoms with Gasteiger partial charge in [-0.25, -0.2) is 13.2 Å². The van der Waals surface area contributed by atoms with Crippen molar-refractivity contribution < 1.29 is 22.8 Å². The van der Waals surface area contributed by atoms with Gasteiger partial charge in [0.05, 0.1) is 11.4 Å². The van der Waals surface area contributed by atoms with Crippen molar-refractivity contribution in [2.45, 2.75) is 67.3 Å². The number of fused-ring (bicyclic) bond motifs is 1. The number of piperidine rings is 1. The van der Waals surface area contributed by atoms with Gasteiger partial charge in [0.25, 0.3) is 0 Å². The highest BCUT2D eigenvalue weighted by molar-refractivity contribution is 9.10. The predicted octanol–water partition coefficient (Wildman–Crippen LogP) is 2.02. The zero-order chi connectivity index (χ0) is 30.8. The molecule has 0 aromatic heterocycles. The number of urea groups is 1. The summed E-state index contributed by atoms with van der Waals surface area (Å²) in [4.78, 5) is 46.6. The third-order valence-corrected chi connectivity index (χ3v) is 10.9. The van der Waals surface area contributed by atoms with Crippen LogP contribution in [-0.4, -0.2) is 121 Å². The molecule has 0 bridgehead atoms. The van der Waals surface area contributed by atoms with Gasteiger partial charge in [-0.3, -0.25) is 14.5 Å². The highest BCUT2D eigenvalue weighted by Gasteiger charge is 2.37. The van der Waals surface area contributed by atoms with Gasteiger partial charge < -0.3 is 20.0 Å². The molecule has 3 fully saturated rings. The van der Waals surface area contributed by atoms with E-state index >= 15 is 0 Å². The molecule has 0 saturated carbocycles. The first-order valence-corrected chi connectivity index (χ1v) is 17.6. The Kier molecular flexibility index (Phi) is 9.84. The summed E-state index contributed by atoms with van der Waals surface area (Å²) < 4.78 is 29.1. The molecule has 0 radical (unpaired) electrons. The van der Waals surface area contributed by atoms with Gasteiger partial charge in [0.1, 0.15) is 6.04 Å². The van der Waals surface area contributed by atoms with Gasteiger partial charge in [0, 0.05) is 62.7 Å². The molecule has 13 heteroatoms. The normalized spacial score (nSPS) is 26.5. The number of rotatable bonds is 8. The van der Waals surface area contributed by atoms with Crippen LogP contribution in [0.2, 0.25) is 0 Å². The number of halogens is 1. The van der Waals surface area contributed by atoms with Crippen LogP contribution in [-0.2, 0) is 26.0 Å². The molecule has 11 nitrogen and oxygen atoms in total. The minimum atomic E-state index is -3.93. The number of alkyl halides is 1. The number of hydrogen-bond acceptors (Lipinski definition) is 6. The highest BCUT2D eigenvalue weighted by atomic mass is 79.9. The molecule has 3 saturated heterocycles. The van der Waals surface area contributed by atoms with Gasteiger partial charge in [-0.05, 0) is 69.2 Å². The quantitative estimate of drug-likeness (QED) is 0.406. The lowest BCUT2D eigenvalue weighted by Gasteiger charge is -2.38. The summed E-state index contributed by atoms with van der Waals surface area (Å²) in [6.07, 6.45) is 7.51. The summed E-state index contributed by atoms with van der Waals surface area (Å²) in [6.45, 7) is 9.19. The lowest BCUT2D eigenvalue weighted by atomic mass is 9.91. The topological polar surface area (TPSA) is 122 Å². The maximum Gasteiger partial charge on any atom is 0.317 e. The van der Waals surface area contributed by atoms with E-state index in [0.29, 0.717) is 45.6 Å². The number of hydrogen-bond donors (Lipinski definition) is 2. The average Bonchev–Trinajstić information content (AvgIpc) is 3.43. The number of likely N-dealkylation sites (tertiary alicyclic amines) is 2. The Labute approximate surface area is 263 Å². The summed E-state index contributed by atoms with van der Waals surface area (Å²) in [5.74, 6) is -0.450. The number of allylic oxidation sites excluding steroid dienone is 1. The second kappa shape index (κ2) is 13.3. The third kappa shape index (κ3) is 7.61. The molecule has 3 aliphatic heterocycles. The van der Waals surface area contributed by atoms with E-state index in [0.717, 1.165) is 50.0 Å². The van der Waals surface area contributed by atoms with Crippen LogP contribution in [0.25, 0.3) is 6.08 Å². The molecular weight excluding hydrogens is 636 g/mol. The van der Waals surface area contributed by atoms with Crippen molar-refractivity contribution in [1.82, 2.24) is 29.6 Å². The summed E-state index contributed by atoms with van der Waals surface area (Å²) in [7, 11) is -3.93. The second-order valence-corrected chi connectivity index (χ2v) is 15.8. The summed E-state index contributed by atoms with van der Waals surface area (Å²) in [6, 6.07) is 4.20. The van der Waals surface area contributed by atoms with Crippen LogP contribution < -0.4 is 10.0 Å². The fourth-order valence-corrected chi connectivity index (χ4v) is 8.21. The molecule has 3 heterocycles. The highest BCUT2D eigenvalue weighted by Crippen LogP contribution is 2.33. The molecule has 2 N–H and O–H groups in total. The monoisotopic (exact) mass is 678 g/mol. The Morgan fingerprint density at radius 1 is 1.07 bits per heavy atom. The summed E-state index contributed by atoms with van der Waals surface area (Å²) in [5.41, 5.74) is 1.91. The largest absolute Gasteiger partial charge is 0.338 e. The van der Waals surface area contributed by atoms with Gasteiger partial charge >= 0.3 is 6.03 Å². The van der Waals surface area contributed by atoms with E-state index in [1.54, 1.807) is 12.1 Å². The van der Waals surface area contributed by atoms with E-state index in [-0.39, 0.29) is 39.7 Å². The first-order chi connectivity index (χ1) is 20.5. The number of carbonyl (C=O) groups excluding carboxylic acids is 3. The number of amides is 4. The molecule has 1 aromatic rings. The van der Waals surface area contributed by atoms with E-state index < -0.39 is 16.1 Å². The molecule has 5 rings (SSSR count). The van der Waals surface area contributed by atoms with Crippen molar-refractivity contribution >= 4 is 49.9 Å². The fraction of sp³-hybridized carbons (Fsp3) is 0.633. The van der Waals surface area contributed by atoms with Gasteiger partial charge in [0.2, 0.25) is 21.8 Å². The molecule has 1 unspecified atom stereocenters. The van der Waals surface area contributed by atoms with E-state index in [4.69, 9.17) is 0 Å². The van der Waals surface area contributed by atoms with E-state index in [2.05, 4.69) is 37.8 Å². The molecular formula is C30H43BrN6O5S. The predicted molar refractivity (Wildman–Crippen MR) is 168 cm³/mol. The molecule has 4 aliphatic rings. The third-order valence-electron chi connectivity index (χ3n) is 8.88. The smallest absolute Gasteiger partial charge is 0.317 e. The average molecular weight is 680 g/mol. The van der Waals surface area contributed by atoms with E-state index in [1.165, 1.54) is 4.90 Å². The van der Waals surface area contributed by atoms with Crippen LogP contribution in [0.3, 0.4) is 0 Å². The van der Waals surface area contributed by atoms with Crippen LogP contribution in [0.15, 0.2) is 29.2 Å². The lowest BCUT2D eigenvalue weighted by molar-refractivity contribution is -0.143. The lowest BCUT2D eigenvalue weighted by Crippen LogP contribution is -2.56. The second-order valence-electron chi connectivity index (χ2n) is 12.2. The van der Waals surface area contributed by atoms with Gasteiger partial charge in [0.15, 0.2) is 0 Å². The number of piperazine rings is 1. The SMILES string of the molecule is CCNC(=O)N1CCN(C[C@@H]2CCCN2C(=O)CN2CCC[C@H](NS(=O)(=O)c3ccc4c(c3)C=CC(C)(Br)C4)C2=O)CC1. The summed E-state index contributed by atoms with van der Waals surface area (Å²) in [5, 5.41) is 2.85. The number of nitrogens with one attached hydrogen (secondary N) is 2. The molecule has 1 aromatic carbocycles. The summed E-state index contributed by atoms with van der Waals surface area (Å²) >= 11 is 3.67. The molecule has 4 amide bonds. The Bertz CT molecular complexity index is 1360. The van der Waals surface area contributed by atoms with E-state index in [1.807, 2.05) is 34.9 Å². The Balaban J connectivity index is 1.15. The first kappa shape index (κ1) is 31.9. The van der Waals surface area contributed by atoms with E-state index in [9.17, 15) is 22.8 Å². The zero-order valence-electron chi connectivity index (χ0n) is 25.1. The number of benzene rings is 1. The van der Waals surface area contributed by atoms with Crippen LogP contribution in [0, 0.1) is 0 Å². The number of sulfonamides is 1. The standard InChI is InChI=1S/C30H43BrN6O5S/c1-3-32-29(40)35-16-14-34(15-17-35)20-24-6-4-13-37(24)27(38)21-36-12-5-7-26(28(36)39)33-43(41,42)25-9-8-23-19-30(2,31)11-10-22(23)18-25/h8-11,18,24,26,33H,3-7,12-17,19-21H2,1-2H3,(H,32,40)/t24-,26-,30?/m0/s1. The van der Waals surface area contributed by atoms with Gasteiger partial charge in [-0.1, -0.05) is 34.1 Å². The van der Waals surface area contributed by atoms with Crippen LogP contribution in [0.4, 0.5) is 4.79 Å². The Hall–Kier alpha value is -2.48. The van der Waals surface area contributed by atoms with Crippen LogP contribution in [0.1, 0.15) is 50.7 Å². The maximum atomic E-state index is 13.4. The van der Waals surface area contributed by atoms with Crippen LogP contribution >= 0.6 is 15.9 Å². The van der Waals surface area contributed by atoms with Gasteiger partial charge in [-0.15, -0.1) is 0 Å². The maximum absolute atomic E-state index is 13.4. The number of nitrogens with zero attached hydrogens (tertiary/aromatic N) is 4. The molecule has 1 aliphatic carbocycles. The molecule has 43 heavy (non-hydrogen) atoms. The minimum absolute atomic E-state index is 0.0334.